The van der Waals surface area contributed by atoms with E-state index in [9.17, 15) is 19.2 Å². The fourth-order valence-corrected chi connectivity index (χ4v) is 3.11. The maximum Gasteiger partial charge on any atom is 0.254 e. The smallest absolute Gasteiger partial charge is 0.254 e. The summed E-state index contributed by atoms with van der Waals surface area (Å²) in [6.07, 6.45) is 0.999. The quantitative estimate of drug-likeness (QED) is 0.698. The van der Waals surface area contributed by atoms with Gasteiger partial charge in [-0.25, -0.2) is 0 Å². The molecule has 0 saturated carbocycles. The minimum Gasteiger partial charge on any atom is -0.368 e. The summed E-state index contributed by atoms with van der Waals surface area (Å²) >= 11 is 0. The van der Waals surface area contributed by atoms with E-state index in [1.807, 2.05) is 0 Å². The molecule has 8 nitrogen and oxygen atoms in total. The van der Waals surface area contributed by atoms with Gasteiger partial charge in [0.25, 0.3) is 5.91 Å². The van der Waals surface area contributed by atoms with Gasteiger partial charge < -0.3 is 21.3 Å². The van der Waals surface area contributed by atoms with Crippen molar-refractivity contribution in [3.05, 3.63) is 29.8 Å². The van der Waals surface area contributed by atoms with Crippen LogP contribution in [0.25, 0.3) is 0 Å². The van der Waals surface area contributed by atoms with Gasteiger partial charge in [-0.3, -0.25) is 19.2 Å². The van der Waals surface area contributed by atoms with Gasteiger partial charge in [-0.1, -0.05) is 12.1 Å². The molecule has 0 aliphatic carbocycles. The number of benzene rings is 1. The number of para-hydroxylation sites is 1. The first-order chi connectivity index (χ1) is 11.5. The Hall–Kier alpha value is -2.90. The zero-order valence-electron chi connectivity index (χ0n) is 13.0. The van der Waals surface area contributed by atoms with Crippen LogP contribution in [-0.2, 0) is 14.4 Å². The number of anilines is 1. The van der Waals surface area contributed by atoms with Gasteiger partial charge in [0, 0.05) is 6.54 Å². The summed E-state index contributed by atoms with van der Waals surface area (Å²) in [5.74, 6) is -1.81. The molecule has 4 N–H and O–H groups in total. The summed E-state index contributed by atoms with van der Waals surface area (Å²) in [6.45, 7) is 0.426. The fraction of sp³-hybridized carbons (Fsp3) is 0.375. The molecule has 0 spiro atoms. The first-order valence-corrected chi connectivity index (χ1v) is 7.77. The van der Waals surface area contributed by atoms with Gasteiger partial charge >= 0.3 is 0 Å². The largest absolute Gasteiger partial charge is 0.368 e. The molecule has 2 heterocycles. The zero-order valence-corrected chi connectivity index (χ0v) is 13.0. The molecule has 3 rings (SSSR count). The van der Waals surface area contributed by atoms with Crippen molar-refractivity contribution < 1.29 is 19.2 Å². The highest BCUT2D eigenvalue weighted by Gasteiger charge is 2.36. The van der Waals surface area contributed by atoms with Crippen molar-refractivity contribution in [3.8, 4) is 0 Å². The van der Waals surface area contributed by atoms with Gasteiger partial charge in [-0.05, 0) is 25.0 Å². The SMILES string of the molecule is NC(=O)[C@H]1CCCN1C(=O)C[C@@H]1NC(=O)c2ccccc2NC1=O. The first kappa shape index (κ1) is 16.0. The van der Waals surface area contributed by atoms with E-state index in [0.717, 1.165) is 0 Å². The molecule has 0 bridgehead atoms. The third kappa shape index (κ3) is 2.94. The van der Waals surface area contributed by atoms with Crippen molar-refractivity contribution in [2.24, 2.45) is 5.73 Å². The van der Waals surface area contributed by atoms with Crippen LogP contribution in [0.5, 0.6) is 0 Å². The van der Waals surface area contributed by atoms with Crippen molar-refractivity contribution in [2.45, 2.75) is 31.3 Å². The predicted octanol–water partition coefficient (Wildman–Crippen LogP) is -0.397. The van der Waals surface area contributed by atoms with Gasteiger partial charge in [0.05, 0.1) is 17.7 Å². The maximum absolute atomic E-state index is 12.5. The number of likely N-dealkylation sites (tertiary alicyclic amines) is 1. The van der Waals surface area contributed by atoms with Crippen LogP contribution in [0.15, 0.2) is 24.3 Å². The second kappa shape index (κ2) is 6.31. The number of nitrogens with two attached hydrogens (primary N) is 1. The number of hydrogen-bond acceptors (Lipinski definition) is 4. The van der Waals surface area contributed by atoms with E-state index in [2.05, 4.69) is 10.6 Å². The number of hydrogen-bond donors (Lipinski definition) is 3. The lowest BCUT2D eigenvalue weighted by Crippen LogP contribution is -2.48. The molecule has 126 valence electrons. The summed E-state index contributed by atoms with van der Waals surface area (Å²) in [5, 5.41) is 5.22. The van der Waals surface area contributed by atoms with Crippen molar-refractivity contribution in [1.29, 1.82) is 0 Å². The normalized spacial score (nSPS) is 23.1. The van der Waals surface area contributed by atoms with E-state index >= 15 is 0 Å². The van der Waals surface area contributed by atoms with Crippen molar-refractivity contribution >= 4 is 29.3 Å². The van der Waals surface area contributed by atoms with E-state index in [0.29, 0.717) is 30.6 Å². The molecule has 0 radical (unpaired) electrons. The lowest BCUT2D eigenvalue weighted by atomic mass is 10.1. The summed E-state index contributed by atoms with van der Waals surface area (Å²) in [6, 6.07) is 4.99. The van der Waals surface area contributed by atoms with Crippen molar-refractivity contribution in [3.63, 3.8) is 0 Å². The highest BCUT2D eigenvalue weighted by molar-refractivity contribution is 6.10. The first-order valence-electron chi connectivity index (χ1n) is 7.77. The Morgan fingerprint density at radius 1 is 1.25 bits per heavy atom. The summed E-state index contributed by atoms with van der Waals surface area (Å²) in [5.41, 5.74) is 6.06. The van der Waals surface area contributed by atoms with Crippen LogP contribution in [0.3, 0.4) is 0 Å². The molecule has 2 aliphatic heterocycles. The van der Waals surface area contributed by atoms with Crippen LogP contribution < -0.4 is 16.4 Å². The number of amides is 4. The molecule has 1 aromatic carbocycles. The highest BCUT2D eigenvalue weighted by Crippen LogP contribution is 2.21. The minimum absolute atomic E-state index is 0.213. The van der Waals surface area contributed by atoms with Crippen LogP contribution in [0.4, 0.5) is 5.69 Å². The average Bonchev–Trinajstić information content (AvgIpc) is 3.00. The maximum atomic E-state index is 12.5. The summed E-state index contributed by atoms with van der Waals surface area (Å²) in [7, 11) is 0. The number of nitrogens with one attached hydrogen (secondary N) is 2. The monoisotopic (exact) mass is 330 g/mol. The van der Waals surface area contributed by atoms with Gasteiger partial charge in [0.2, 0.25) is 17.7 Å². The third-order valence-electron chi connectivity index (χ3n) is 4.33. The molecule has 0 aromatic heterocycles. The second-order valence-corrected chi connectivity index (χ2v) is 5.91. The Bertz CT molecular complexity index is 718. The van der Waals surface area contributed by atoms with E-state index in [-0.39, 0.29) is 12.3 Å². The number of primary amides is 1. The Morgan fingerprint density at radius 3 is 2.75 bits per heavy atom. The third-order valence-corrected chi connectivity index (χ3v) is 4.33. The lowest BCUT2D eigenvalue weighted by molar-refractivity contribution is -0.138. The molecule has 1 aromatic rings. The van der Waals surface area contributed by atoms with Crippen LogP contribution in [0, 0.1) is 0 Å². The Labute approximate surface area is 138 Å². The minimum atomic E-state index is -0.994. The molecule has 8 heteroatoms. The summed E-state index contributed by atoms with van der Waals surface area (Å²) in [4.78, 5) is 49.8. The van der Waals surface area contributed by atoms with E-state index in [1.165, 1.54) is 4.90 Å². The Balaban J connectivity index is 1.74. The second-order valence-electron chi connectivity index (χ2n) is 5.91. The van der Waals surface area contributed by atoms with E-state index in [1.54, 1.807) is 24.3 Å². The molecule has 2 aliphatic rings. The number of carbonyl (C=O) groups is 4. The molecule has 24 heavy (non-hydrogen) atoms. The Morgan fingerprint density at radius 2 is 2.00 bits per heavy atom. The number of carbonyl (C=O) groups excluding carboxylic acids is 4. The van der Waals surface area contributed by atoms with Crippen LogP contribution >= 0.6 is 0 Å². The average molecular weight is 330 g/mol. The van der Waals surface area contributed by atoms with Gasteiger partial charge in [-0.2, -0.15) is 0 Å². The van der Waals surface area contributed by atoms with Gasteiger partial charge in [0.1, 0.15) is 12.1 Å². The van der Waals surface area contributed by atoms with Crippen LogP contribution in [-0.4, -0.2) is 47.2 Å². The lowest BCUT2D eigenvalue weighted by Gasteiger charge is -2.24. The predicted molar refractivity (Wildman–Crippen MR) is 84.9 cm³/mol. The zero-order chi connectivity index (χ0) is 17.3. The van der Waals surface area contributed by atoms with Crippen molar-refractivity contribution in [2.75, 3.05) is 11.9 Å². The summed E-state index contributed by atoms with van der Waals surface area (Å²) < 4.78 is 0. The van der Waals surface area contributed by atoms with E-state index in [4.69, 9.17) is 5.73 Å². The molecular formula is C16H18N4O4. The van der Waals surface area contributed by atoms with Crippen molar-refractivity contribution in [1.82, 2.24) is 10.2 Å². The van der Waals surface area contributed by atoms with Crippen LogP contribution in [0.1, 0.15) is 29.6 Å². The number of rotatable bonds is 3. The number of nitrogens with zero attached hydrogens (tertiary/aromatic N) is 1. The molecule has 4 amide bonds. The van der Waals surface area contributed by atoms with Gasteiger partial charge in [-0.15, -0.1) is 0 Å². The van der Waals surface area contributed by atoms with Gasteiger partial charge in [0.15, 0.2) is 0 Å². The molecular weight excluding hydrogens is 312 g/mol. The number of fused-ring (bicyclic) bond motifs is 1. The molecule has 0 unspecified atom stereocenters. The standard InChI is InChI=1S/C16H18N4O4/c17-14(22)12-6-3-7-20(12)13(21)8-11-16(24)18-10-5-2-1-4-9(10)15(23)19-11/h1-2,4-5,11-12H,3,6-8H2,(H2,17,22)(H,18,24)(H,19,23)/t11-,12+/m0/s1. The Kier molecular flexibility index (Phi) is 4.20. The highest BCUT2D eigenvalue weighted by atomic mass is 16.2. The molecule has 1 saturated heterocycles. The van der Waals surface area contributed by atoms with E-state index < -0.39 is 29.8 Å². The van der Waals surface area contributed by atoms with Crippen LogP contribution in [0.2, 0.25) is 0 Å². The molecule has 2 atom stereocenters. The molecule has 1 fully saturated rings. The fourth-order valence-electron chi connectivity index (χ4n) is 3.11. The topological polar surface area (TPSA) is 122 Å².